The second-order valence-corrected chi connectivity index (χ2v) is 5.87. The maximum Gasteiger partial charge on any atom is 0.0922 e. The largest absolute Gasteiger partial charge is 0.387 e. The normalized spacial score (nSPS) is 14.1. The molecule has 3 heteroatoms. The Morgan fingerprint density at radius 1 is 1.47 bits per heavy atom. The second kappa shape index (κ2) is 5.64. The van der Waals surface area contributed by atoms with Crippen molar-refractivity contribution >= 4 is 11.3 Å². The lowest BCUT2D eigenvalue weighted by Crippen LogP contribution is -2.25. The SMILES string of the molecule is CC(C)(C)CCNCC(O)c1ccsc1. The van der Waals surface area contributed by atoms with E-state index < -0.39 is 0 Å². The molecule has 86 valence electrons. The van der Waals surface area contributed by atoms with Crippen molar-refractivity contribution in [2.45, 2.75) is 33.3 Å². The third-order valence-electron chi connectivity index (χ3n) is 2.32. The van der Waals surface area contributed by atoms with Gasteiger partial charge in [-0.25, -0.2) is 0 Å². The fourth-order valence-corrected chi connectivity index (χ4v) is 1.99. The molecule has 1 aromatic rings. The van der Waals surface area contributed by atoms with Gasteiger partial charge in [-0.3, -0.25) is 0 Å². The van der Waals surface area contributed by atoms with Crippen LogP contribution in [0.5, 0.6) is 0 Å². The molecule has 0 amide bonds. The summed E-state index contributed by atoms with van der Waals surface area (Å²) >= 11 is 1.62. The van der Waals surface area contributed by atoms with E-state index in [0.717, 1.165) is 18.5 Å². The van der Waals surface area contributed by atoms with Gasteiger partial charge in [0.1, 0.15) is 0 Å². The average Bonchev–Trinajstić information content (AvgIpc) is 2.63. The van der Waals surface area contributed by atoms with Gasteiger partial charge in [0.05, 0.1) is 6.10 Å². The van der Waals surface area contributed by atoms with E-state index in [-0.39, 0.29) is 6.10 Å². The van der Waals surface area contributed by atoms with Crippen molar-refractivity contribution in [3.05, 3.63) is 22.4 Å². The summed E-state index contributed by atoms with van der Waals surface area (Å²) in [5.41, 5.74) is 1.38. The summed E-state index contributed by atoms with van der Waals surface area (Å²) in [5, 5.41) is 17.1. The summed E-state index contributed by atoms with van der Waals surface area (Å²) in [4.78, 5) is 0. The smallest absolute Gasteiger partial charge is 0.0922 e. The Morgan fingerprint density at radius 3 is 2.73 bits per heavy atom. The lowest BCUT2D eigenvalue weighted by molar-refractivity contribution is 0.173. The first-order chi connectivity index (χ1) is 6.99. The molecule has 1 heterocycles. The fourth-order valence-electron chi connectivity index (χ4n) is 1.28. The van der Waals surface area contributed by atoms with Crippen LogP contribution in [-0.4, -0.2) is 18.2 Å². The van der Waals surface area contributed by atoms with Gasteiger partial charge in [0.25, 0.3) is 0 Å². The summed E-state index contributed by atoms with van der Waals surface area (Å²) in [6, 6.07) is 1.97. The molecule has 1 atom stereocenters. The van der Waals surface area contributed by atoms with Crippen LogP contribution >= 0.6 is 11.3 Å². The topological polar surface area (TPSA) is 32.3 Å². The molecule has 0 fully saturated rings. The van der Waals surface area contributed by atoms with E-state index in [2.05, 4.69) is 26.1 Å². The molecule has 0 saturated heterocycles. The number of hydrogen-bond acceptors (Lipinski definition) is 3. The monoisotopic (exact) mass is 227 g/mol. The summed E-state index contributed by atoms with van der Waals surface area (Å²) < 4.78 is 0. The van der Waals surface area contributed by atoms with Gasteiger partial charge in [-0.05, 0) is 40.8 Å². The zero-order valence-electron chi connectivity index (χ0n) is 9.79. The minimum Gasteiger partial charge on any atom is -0.387 e. The van der Waals surface area contributed by atoms with Crippen LogP contribution in [0.1, 0.15) is 38.9 Å². The minimum absolute atomic E-state index is 0.361. The van der Waals surface area contributed by atoms with Gasteiger partial charge in [-0.2, -0.15) is 11.3 Å². The number of hydrogen-bond donors (Lipinski definition) is 2. The van der Waals surface area contributed by atoms with Crippen LogP contribution in [0.4, 0.5) is 0 Å². The molecule has 15 heavy (non-hydrogen) atoms. The Bertz CT molecular complexity index is 264. The van der Waals surface area contributed by atoms with Gasteiger partial charge in [0.15, 0.2) is 0 Å². The van der Waals surface area contributed by atoms with E-state index in [9.17, 15) is 5.11 Å². The van der Waals surface area contributed by atoms with E-state index in [1.807, 2.05) is 16.8 Å². The Labute approximate surface area is 96.3 Å². The molecule has 1 unspecified atom stereocenters. The first kappa shape index (κ1) is 12.7. The lowest BCUT2D eigenvalue weighted by Gasteiger charge is -2.19. The molecular weight excluding hydrogens is 206 g/mol. The summed E-state index contributed by atoms with van der Waals surface area (Å²) in [6.07, 6.45) is 0.764. The first-order valence-electron chi connectivity index (χ1n) is 5.40. The van der Waals surface area contributed by atoms with Crippen molar-refractivity contribution in [2.75, 3.05) is 13.1 Å². The Morgan fingerprint density at radius 2 is 2.20 bits per heavy atom. The molecule has 2 N–H and O–H groups in total. The van der Waals surface area contributed by atoms with E-state index in [4.69, 9.17) is 0 Å². The van der Waals surface area contributed by atoms with E-state index in [1.165, 1.54) is 0 Å². The molecular formula is C12H21NOS. The van der Waals surface area contributed by atoms with Gasteiger partial charge in [-0.1, -0.05) is 20.8 Å². The third-order valence-corrected chi connectivity index (χ3v) is 3.02. The number of aliphatic hydroxyl groups is 1. The number of thiophene rings is 1. The van der Waals surface area contributed by atoms with Gasteiger partial charge >= 0.3 is 0 Å². The van der Waals surface area contributed by atoms with Crippen LogP contribution in [0.2, 0.25) is 0 Å². The molecule has 0 spiro atoms. The van der Waals surface area contributed by atoms with Crippen molar-refractivity contribution in [2.24, 2.45) is 5.41 Å². The van der Waals surface area contributed by atoms with Crippen LogP contribution < -0.4 is 5.32 Å². The molecule has 0 aromatic carbocycles. The average molecular weight is 227 g/mol. The maximum atomic E-state index is 9.78. The van der Waals surface area contributed by atoms with Crippen molar-refractivity contribution < 1.29 is 5.11 Å². The lowest BCUT2D eigenvalue weighted by atomic mass is 9.92. The zero-order chi connectivity index (χ0) is 11.3. The van der Waals surface area contributed by atoms with Crippen LogP contribution in [0.25, 0.3) is 0 Å². The summed E-state index contributed by atoms with van der Waals surface area (Å²) in [6.45, 7) is 8.29. The van der Waals surface area contributed by atoms with Crippen molar-refractivity contribution in [3.63, 3.8) is 0 Å². The molecule has 0 aliphatic heterocycles. The predicted octanol–water partition coefficient (Wildman–Crippen LogP) is 2.81. The van der Waals surface area contributed by atoms with Gasteiger partial charge in [-0.15, -0.1) is 0 Å². The van der Waals surface area contributed by atoms with Crippen molar-refractivity contribution in [3.8, 4) is 0 Å². The molecule has 0 aliphatic rings. The predicted molar refractivity (Wildman–Crippen MR) is 66.2 cm³/mol. The van der Waals surface area contributed by atoms with Crippen LogP contribution in [-0.2, 0) is 0 Å². The van der Waals surface area contributed by atoms with Gasteiger partial charge in [0, 0.05) is 6.54 Å². The quantitative estimate of drug-likeness (QED) is 0.758. The summed E-state index contributed by atoms with van der Waals surface area (Å²) in [7, 11) is 0. The Kier molecular flexibility index (Phi) is 4.77. The fraction of sp³-hybridized carbons (Fsp3) is 0.667. The molecule has 1 aromatic heterocycles. The third kappa shape index (κ3) is 5.30. The van der Waals surface area contributed by atoms with Crippen LogP contribution in [0.3, 0.4) is 0 Å². The van der Waals surface area contributed by atoms with E-state index in [1.54, 1.807) is 11.3 Å². The Hall–Kier alpha value is -0.380. The number of nitrogens with one attached hydrogen (secondary N) is 1. The van der Waals surface area contributed by atoms with E-state index >= 15 is 0 Å². The van der Waals surface area contributed by atoms with Crippen LogP contribution in [0, 0.1) is 5.41 Å². The first-order valence-corrected chi connectivity index (χ1v) is 6.34. The molecule has 0 aliphatic carbocycles. The van der Waals surface area contributed by atoms with Crippen molar-refractivity contribution in [1.29, 1.82) is 0 Å². The van der Waals surface area contributed by atoms with Crippen LogP contribution in [0.15, 0.2) is 16.8 Å². The van der Waals surface area contributed by atoms with Crippen molar-refractivity contribution in [1.82, 2.24) is 5.32 Å². The molecule has 0 saturated carbocycles. The number of rotatable bonds is 5. The molecule has 0 radical (unpaired) electrons. The highest BCUT2D eigenvalue weighted by molar-refractivity contribution is 7.07. The maximum absolute atomic E-state index is 9.78. The van der Waals surface area contributed by atoms with E-state index in [0.29, 0.717) is 12.0 Å². The minimum atomic E-state index is -0.365. The summed E-state index contributed by atoms with van der Waals surface area (Å²) in [5.74, 6) is 0. The molecule has 1 rings (SSSR count). The standard InChI is InChI=1S/C12H21NOS/c1-12(2,3)5-6-13-8-11(14)10-4-7-15-9-10/h4,7,9,11,13-14H,5-6,8H2,1-3H3. The van der Waals surface area contributed by atoms with Gasteiger partial charge < -0.3 is 10.4 Å². The number of aliphatic hydroxyl groups excluding tert-OH is 1. The highest BCUT2D eigenvalue weighted by atomic mass is 32.1. The highest BCUT2D eigenvalue weighted by Crippen LogP contribution is 2.18. The molecule has 2 nitrogen and oxygen atoms in total. The molecule has 0 bridgehead atoms. The highest BCUT2D eigenvalue weighted by Gasteiger charge is 2.10. The van der Waals surface area contributed by atoms with Gasteiger partial charge in [0.2, 0.25) is 0 Å². The zero-order valence-corrected chi connectivity index (χ0v) is 10.6. The Balaban J connectivity index is 2.16. The second-order valence-electron chi connectivity index (χ2n) is 5.09.